The van der Waals surface area contributed by atoms with Crippen molar-refractivity contribution >= 4 is 0 Å². The van der Waals surface area contributed by atoms with Gasteiger partial charge in [-0.15, -0.1) is 0 Å². The molecule has 0 aliphatic carbocycles. The van der Waals surface area contributed by atoms with E-state index in [1.54, 1.807) is 0 Å². The third-order valence-corrected chi connectivity index (χ3v) is 2.54. The van der Waals surface area contributed by atoms with Crippen molar-refractivity contribution in [3.8, 4) is 0 Å². The molecule has 0 saturated carbocycles. The summed E-state index contributed by atoms with van der Waals surface area (Å²) in [6.07, 6.45) is -3.00. The minimum atomic E-state index is -0.985. The van der Waals surface area contributed by atoms with Gasteiger partial charge in [0.2, 0.25) is 0 Å². The van der Waals surface area contributed by atoms with Crippen LogP contribution in [0.5, 0.6) is 0 Å². The highest BCUT2D eigenvalue weighted by Crippen LogP contribution is 2.20. The third kappa shape index (κ3) is 3.39. The maximum absolute atomic E-state index is 9.60. The molecule has 1 heterocycles. The fourth-order valence-corrected chi connectivity index (χ4v) is 1.66. The number of hydrogen-bond acceptors (Lipinski definition) is 5. The first-order valence-electron chi connectivity index (χ1n) is 5.39. The van der Waals surface area contributed by atoms with Crippen molar-refractivity contribution in [1.82, 2.24) is 5.32 Å². The largest absolute Gasteiger partial charge is 0.394 e. The van der Waals surface area contributed by atoms with Gasteiger partial charge in [-0.1, -0.05) is 13.8 Å². The Balaban J connectivity index is 2.31. The lowest BCUT2D eigenvalue weighted by Crippen LogP contribution is -2.39. The molecule has 4 N–H and O–H groups in total. The summed E-state index contributed by atoms with van der Waals surface area (Å²) in [5.41, 5.74) is 0. The second-order valence-corrected chi connectivity index (χ2v) is 4.43. The molecule has 0 radical (unpaired) electrons. The molecule has 1 rings (SSSR count). The summed E-state index contributed by atoms with van der Waals surface area (Å²) in [7, 11) is 0. The second-order valence-electron chi connectivity index (χ2n) is 4.43. The first kappa shape index (κ1) is 12.9. The minimum Gasteiger partial charge on any atom is -0.394 e. The first-order chi connectivity index (χ1) is 7.06. The van der Waals surface area contributed by atoms with Crippen LogP contribution >= 0.6 is 0 Å². The predicted octanol–water partition coefficient (Wildman–Crippen LogP) is -1.29. The van der Waals surface area contributed by atoms with Crippen LogP contribution in [-0.2, 0) is 4.74 Å². The van der Waals surface area contributed by atoms with Crippen LogP contribution in [0.2, 0.25) is 0 Å². The van der Waals surface area contributed by atoms with Gasteiger partial charge in [0.15, 0.2) is 0 Å². The molecule has 0 spiro atoms. The van der Waals surface area contributed by atoms with E-state index >= 15 is 0 Å². The van der Waals surface area contributed by atoms with Crippen molar-refractivity contribution < 1.29 is 20.1 Å². The molecule has 90 valence electrons. The average Bonchev–Trinajstić information content (AvgIpc) is 2.45. The summed E-state index contributed by atoms with van der Waals surface area (Å²) in [6.45, 7) is 5.24. The van der Waals surface area contributed by atoms with Gasteiger partial charge in [-0.05, 0) is 12.5 Å². The van der Waals surface area contributed by atoms with Gasteiger partial charge in [0.1, 0.15) is 18.3 Å². The molecular formula is C10H21NO4. The quantitative estimate of drug-likeness (QED) is 0.463. The molecule has 5 nitrogen and oxygen atoms in total. The molecular weight excluding hydrogens is 198 g/mol. The highest BCUT2D eigenvalue weighted by atomic mass is 16.6. The summed E-state index contributed by atoms with van der Waals surface area (Å²) >= 11 is 0. The third-order valence-electron chi connectivity index (χ3n) is 2.54. The lowest BCUT2D eigenvalue weighted by atomic mass is 10.1. The average molecular weight is 219 g/mol. The van der Waals surface area contributed by atoms with Crippen LogP contribution in [-0.4, -0.2) is 59.4 Å². The zero-order chi connectivity index (χ0) is 11.4. The Morgan fingerprint density at radius 1 is 1.20 bits per heavy atom. The minimum absolute atomic E-state index is 0.265. The lowest BCUT2D eigenvalue weighted by molar-refractivity contribution is -0.0213. The molecule has 0 bridgehead atoms. The van der Waals surface area contributed by atoms with E-state index in [1.807, 2.05) is 0 Å². The van der Waals surface area contributed by atoms with Crippen LogP contribution in [0.4, 0.5) is 0 Å². The summed E-state index contributed by atoms with van der Waals surface area (Å²) in [4.78, 5) is 0. The van der Waals surface area contributed by atoms with E-state index in [2.05, 4.69) is 19.2 Å². The lowest BCUT2D eigenvalue weighted by Gasteiger charge is -2.16. The molecule has 0 aromatic carbocycles. The maximum atomic E-state index is 9.60. The van der Waals surface area contributed by atoms with Gasteiger partial charge in [-0.25, -0.2) is 0 Å². The molecule has 0 aromatic heterocycles. The van der Waals surface area contributed by atoms with Gasteiger partial charge in [-0.3, -0.25) is 0 Å². The number of aliphatic hydroxyl groups is 3. The Labute approximate surface area is 90.1 Å². The topological polar surface area (TPSA) is 82.0 Å². The van der Waals surface area contributed by atoms with Crippen LogP contribution in [0, 0.1) is 5.92 Å². The molecule has 0 amide bonds. The molecule has 15 heavy (non-hydrogen) atoms. The van der Waals surface area contributed by atoms with E-state index in [0.717, 1.165) is 6.54 Å². The van der Waals surface area contributed by atoms with Crippen molar-refractivity contribution in [1.29, 1.82) is 0 Å². The molecule has 1 aliphatic rings. The monoisotopic (exact) mass is 219 g/mol. The summed E-state index contributed by atoms with van der Waals surface area (Å²) in [6, 6.07) is 0. The van der Waals surface area contributed by atoms with Crippen molar-refractivity contribution in [2.75, 3.05) is 19.7 Å². The van der Waals surface area contributed by atoms with E-state index in [0.29, 0.717) is 12.5 Å². The highest BCUT2D eigenvalue weighted by Gasteiger charge is 2.41. The maximum Gasteiger partial charge on any atom is 0.111 e. The number of hydrogen-bond donors (Lipinski definition) is 4. The standard InChI is InChI=1S/C10H21NO4/c1-6(2)3-11-4-7-9(13)10(14)8(5-12)15-7/h6-14H,3-5H2,1-2H3/t7-,8+,9+,10+/m0/s1. The van der Waals surface area contributed by atoms with Crippen LogP contribution in [0.3, 0.4) is 0 Å². The SMILES string of the molecule is CC(C)CNC[C@@H]1O[C@H](CO)[C@@H](O)[C@@H]1O. The van der Waals surface area contributed by atoms with E-state index in [9.17, 15) is 10.2 Å². The zero-order valence-electron chi connectivity index (χ0n) is 9.26. The van der Waals surface area contributed by atoms with E-state index in [-0.39, 0.29) is 6.61 Å². The number of rotatable bonds is 5. The molecule has 0 unspecified atom stereocenters. The van der Waals surface area contributed by atoms with Gasteiger partial charge in [-0.2, -0.15) is 0 Å². The van der Waals surface area contributed by atoms with E-state index in [1.165, 1.54) is 0 Å². The Hall–Kier alpha value is -0.200. The van der Waals surface area contributed by atoms with E-state index < -0.39 is 24.4 Å². The summed E-state index contributed by atoms with van der Waals surface area (Å²) < 4.78 is 5.30. The van der Waals surface area contributed by atoms with Crippen molar-refractivity contribution in [2.45, 2.75) is 38.3 Å². The first-order valence-corrected chi connectivity index (χ1v) is 5.39. The van der Waals surface area contributed by atoms with Crippen LogP contribution in [0.1, 0.15) is 13.8 Å². The fraction of sp³-hybridized carbons (Fsp3) is 1.00. The van der Waals surface area contributed by atoms with Gasteiger partial charge >= 0.3 is 0 Å². The van der Waals surface area contributed by atoms with Crippen LogP contribution < -0.4 is 5.32 Å². The van der Waals surface area contributed by atoms with Gasteiger partial charge in [0, 0.05) is 6.54 Å². The smallest absolute Gasteiger partial charge is 0.111 e. The van der Waals surface area contributed by atoms with Crippen molar-refractivity contribution in [2.24, 2.45) is 5.92 Å². The molecule has 1 aliphatic heterocycles. The molecule has 4 atom stereocenters. The van der Waals surface area contributed by atoms with Crippen molar-refractivity contribution in [3.05, 3.63) is 0 Å². The second kappa shape index (κ2) is 5.77. The number of ether oxygens (including phenoxy) is 1. The predicted molar refractivity (Wildman–Crippen MR) is 55.5 cm³/mol. The van der Waals surface area contributed by atoms with Crippen LogP contribution in [0.15, 0.2) is 0 Å². The van der Waals surface area contributed by atoms with Gasteiger partial charge < -0.3 is 25.4 Å². The fourth-order valence-electron chi connectivity index (χ4n) is 1.66. The van der Waals surface area contributed by atoms with Gasteiger partial charge in [0.25, 0.3) is 0 Å². The normalized spacial score (nSPS) is 36.4. The summed E-state index contributed by atoms with van der Waals surface area (Å²) in [5.74, 6) is 0.530. The Kier molecular flexibility index (Phi) is 4.95. The van der Waals surface area contributed by atoms with Crippen LogP contribution in [0.25, 0.3) is 0 Å². The zero-order valence-corrected chi connectivity index (χ0v) is 9.26. The van der Waals surface area contributed by atoms with E-state index in [4.69, 9.17) is 9.84 Å². The highest BCUT2D eigenvalue weighted by molar-refractivity contribution is 4.91. The number of nitrogens with one attached hydrogen (secondary N) is 1. The molecule has 0 aromatic rings. The number of aliphatic hydroxyl groups excluding tert-OH is 3. The van der Waals surface area contributed by atoms with Crippen molar-refractivity contribution in [3.63, 3.8) is 0 Å². The van der Waals surface area contributed by atoms with Gasteiger partial charge in [0.05, 0.1) is 12.7 Å². The molecule has 5 heteroatoms. The summed E-state index contributed by atoms with van der Waals surface area (Å²) in [5, 5.41) is 31.1. The Bertz CT molecular complexity index is 188. The molecule has 1 fully saturated rings. The Morgan fingerprint density at radius 3 is 2.27 bits per heavy atom. The Morgan fingerprint density at radius 2 is 1.80 bits per heavy atom. The molecule has 1 saturated heterocycles.